The van der Waals surface area contributed by atoms with E-state index in [2.05, 4.69) is 5.32 Å². The first-order chi connectivity index (χ1) is 11.2. The number of thioether (sulfide) groups is 1. The molecule has 0 saturated carbocycles. The number of nitrogens with two attached hydrogens (primary N) is 1. The van der Waals surface area contributed by atoms with Crippen molar-refractivity contribution in [2.75, 3.05) is 0 Å². The predicted molar refractivity (Wildman–Crippen MR) is 96.3 cm³/mol. The van der Waals surface area contributed by atoms with E-state index in [1.165, 1.54) is 16.7 Å². The summed E-state index contributed by atoms with van der Waals surface area (Å²) in [6, 6.07) is 6.38. The van der Waals surface area contributed by atoms with Gasteiger partial charge in [-0.1, -0.05) is 30.3 Å². The fraction of sp³-hybridized carbons (Fsp3) is 0.438. The molecule has 2 heterocycles. The Morgan fingerprint density at radius 2 is 1.92 bits per heavy atom. The van der Waals surface area contributed by atoms with Gasteiger partial charge in [-0.25, -0.2) is 4.79 Å². The van der Waals surface area contributed by atoms with E-state index in [1.54, 1.807) is 38.1 Å². The van der Waals surface area contributed by atoms with Crippen LogP contribution in [0.5, 0.6) is 0 Å². The summed E-state index contributed by atoms with van der Waals surface area (Å²) in [5.74, 6) is -1.86. The van der Waals surface area contributed by atoms with E-state index in [0.29, 0.717) is 5.56 Å². The molecule has 9 heteroatoms. The first-order valence-electron chi connectivity index (χ1n) is 7.58. The lowest BCUT2D eigenvalue weighted by atomic mass is 9.95. The molecule has 1 aromatic carbocycles. The molecule has 0 spiro atoms. The monoisotopic (exact) mass is 385 g/mol. The molecular formula is C16H20ClN3O4S. The van der Waals surface area contributed by atoms with E-state index < -0.39 is 34.7 Å². The highest BCUT2D eigenvalue weighted by atomic mass is 35.5. The van der Waals surface area contributed by atoms with Gasteiger partial charge in [0.2, 0.25) is 11.8 Å². The van der Waals surface area contributed by atoms with E-state index in [1.807, 2.05) is 6.07 Å². The SMILES string of the molecule is CC1(C)S[C@@H]2C(NC(=O)C(N)c3ccccc3)C(=O)N2[C@H]1C(=O)O.Cl. The van der Waals surface area contributed by atoms with Crippen molar-refractivity contribution in [3.05, 3.63) is 35.9 Å². The minimum atomic E-state index is -1.03. The Kier molecular flexibility index (Phi) is 5.36. The summed E-state index contributed by atoms with van der Waals surface area (Å²) < 4.78 is -0.618. The second-order valence-electron chi connectivity index (χ2n) is 6.47. The lowest BCUT2D eigenvalue weighted by Crippen LogP contribution is -2.71. The van der Waals surface area contributed by atoms with Crippen molar-refractivity contribution >= 4 is 42.0 Å². The normalized spacial score (nSPS) is 27.6. The molecule has 2 amide bonds. The van der Waals surface area contributed by atoms with Crippen LogP contribution in [-0.4, -0.2) is 50.0 Å². The maximum absolute atomic E-state index is 12.3. The van der Waals surface area contributed by atoms with Crippen LogP contribution in [0.2, 0.25) is 0 Å². The van der Waals surface area contributed by atoms with Crippen molar-refractivity contribution in [3.63, 3.8) is 0 Å². The Hall–Kier alpha value is -1.77. The number of rotatable bonds is 4. The molecule has 2 unspecified atom stereocenters. The fourth-order valence-corrected chi connectivity index (χ4v) is 4.83. The molecule has 0 aromatic heterocycles. The fourth-order valence-electron chi connectivity index (χ4n) is 3.20. The smallest absolute Gasteiger partial charge is 0.327 e. The molecule has 2 saturated heterocycles. The van der Waals surface area contributed by atoms with Crippen LogP contribution in [0.25, 0.3) is 0 Å². The maximum atomic E-state index is 12.3. The molecule has 1 aromatic rings. The van der Waals surface area contributed by atoms with E-state index in [4.69, 9.17) is 5.73 Å². The minimum absolute atomic E-state index is 0. The Labute approximate surface area is 155 Å². The highest BCUT2D eigenvalue weighted by Gasteiger charge is 2.64. The molecule has 7 nitrogen and oxygen atoms in total. The summed E-state index contributed by atoms with van der Waals surface area (Å²) in [4.78, 5) is 37.5. The third-order valence-corrected chi connectivity index (χ3v) is 5.99. The first kappa shape index (κ1) is 19.6. The van der Waals surface area contributed by atoms with Crippen molar-refractivity contribution in [1.82, 2.24) is 10.2 Å². The number of carbonyl (C=O) groups is 3. The van der Waals surface area contributed by atoms with Crippen LogP contribution in [0.3, 0.4) is 0 Å². The largest absolute Gasteiger partial charge is 0.480 e. The molecule has 25 heavy (non-hydrogen) atoms. The summed E-state index contributed by atoms with van der Waals surface area (Å²) in [6.45, 7) is 3.58. The van der Waals surface area contributed by atoms with Gasteiger partial charge >= 0.3 is 5.97 Å². The number of carbonyl (C=O) groups excluding carboxylic acids is 2. The molecule has 4 N–H and O–H groups in total. The summed E-state index contributed by atoms with van der Waals surface area (Å²) in [5.41, 5.74) is 6.59. The molecular weight excluding hydrogens is 366 g/mol. The highest BCUT2D eigenvalue weighted by molar-refractivity contribution is 8.01. The molecule has 0 aliphatic carbocycles. The summed E-state index contributed by atoms with van der Waals surface area (Å²) >= 11 is 1.38. The van der Waals surface area contributed by atoms with Crippen LogP contribution in [0, 0.1) is 0 Å². The number of hydrogen-bond donors (Lipinski definition) is 3. The van der Waals surface area contributed by atoms with Gasteiger partial charge in [0, 0.05) is 4.75 Å². The third kappa shape index (κ3) is 3.21. The van der Waals surface area contributed by atoms with Gasteiger partial charge in [-0.3, -0.25) is 9.59 Å². The Bertz CT molecular complexity index is 700. The Balaban J connectivity index is 0.00000225. The average Bonchev–Trinajstić information content (AvgIpc) is 2.80. The zero-order chi connectivity index (χ0) is 17.6. The number of nitrogens with zero attached hydrogens (tertiary/aromatic N) is 1. The number of nitrogens with one attached hydrogen (secondary N) is 1. The van der Waals surface area contributed by atoms with Crippen molar-refractivity contribution in [1.29, 1.82) is 0 Å². The quantitative estimate of drug-likeness (QED) is 0.659. The standard InChI is InChI=1S/C16H19N3O4S.ClH/c1-16(2)11(15(22)23)19-13(21)10(14(19)24-16)18-12(20)9(17)8-6-4-3-5-7-8;/h3-7,9-11,14H,17H2,1-2H3,(H,18,20)(H,22,23);1H/t9?,10?,11-,14+;/m0./s1. The predicted octanol–water partition coefficient (Wildman–Crippen LogP) is 0.740. The zero-order valence-electron chi connectivity index (χ0n) is 13.7. The van der Waals surface area contributed by atoms with E-state index in [9.17, 15) is 19.5 Å². The van der Waals surface area contributed by atoms with Crippen molar-refractivity contribution in [2.24, 2.45) is 5.73 Å². The van der Waals surface area contributed by atoms with Gasteiger partial charge in [0.15, 0.2) is 0 Å². The molecule has 4 atom stereocenters. The Morgan fingerprint density at radius 1 is 1.32 bits per heavy atom. The van der Waals surface area contributed by atoms with Gasteiger partial charge < -0.3 is 21.1 Å². The number of hydrogen-bond acceptors (Lipinski definition) is 5. The van der Waals surface area contributed by atoms with Gasteiger partial charge in [-0.2, -0.15) is 0 Å². The number of halogens is 1. The Morgan fingerprint density at radius 3 is 2.48 bits per heavy atom. The van der Waals surface area contributed by atoms with Crippen LogP contribution in [0.1, 0.15) is 25.5 Å². The number of benzene rings is 1. The van der Waals surface area contributed by atoms with Gasteiger partial charge in [0.1, 0.15) is 23.5 Å². The van der Waals surface area contributed by atoms with Crippen molar-refractivity contribution < 1.29 is 19.5 Å². The molecule has 0 radical (unpaired) electrons. The molecule has 0 bridgehead atoms. The second-order valence-corrected chi connectivity index (χ2v) is 8.24. The second kappa shape index (κ2) is 6.86. The first-order valence-corrected chi connectivity index (χ1v) is 8.45. The molecule has 3 rings (SSSR count). The minimum Gasteiger partial charge on any atom is -0.480 e. The van der Waals surface area contributed by atoms with Crippen molar-refractivity contribution in [2.45, 2.75) is 42.1 Å². The van der Waals surface area contributed by atoms with Gasteiger partial charge in [-0.05, 0) is 19.4 Å². The van der Waals surface area contributed by atoms with Gasteiger partial charge in [0.25, 0.3) is 0 Å². The van der Waals surface area contributed by atoms with Crippen LogP contribution < -0.4 is 11.1 Å². The van der Waals surface area contributed by atoms with Crippen LogP contribution in [0.15, 0.2) is 30.3 Å². The molecule has 2 aliphatic heterocycles. The summed E-state index contributed by atoms with van der Waals surface area (Å²) in [7, 11) is 0. The van der Waals surface area contributed by atoms with Gasteiger partial charge in [0.05, 0.1) is 0 Å². The van der Waals surface area contributed by atoms with Crippen molar-refractivity contribution in [3.8, 4) is 0 Å². The summed E-state index contributed by atoms with van der Waals surface area (Å²) in [6.07, 6.45) is 0. The lowest BCUT2D eigenvalue weighted by Gasteiger charge is -2.43. The maximum Gasteiger partial charge on any atom is 0.327 e. The number of carboxylic acid groups (broad SMARTS) is 1. The average molecular weight is 386 g/mol. The van der Waals surface area contributed by atoms with Crippen LogP contribution >= 0.6 is 24.2 Å². The lowest BCUT2D eigenvalue weighted by molar-refractivity contribution is -0.161. The number of amides is 2. The van der Waals surface area contributed by atoms with E-state index >= 15 is 0 Å². The van der Waals surface area contributed by atoms with Crippen LogP contribution in [-0.2, 0) is 14.4 Å². The highest BCUT2D eigenvalue weighted by Crippen LogP contribution is 2.50. The molecule has 2 fully saturated rings. The molecule has 136 valence electrons. The zero-order valence-corrected chi connectivity index (χ0v) is 15.3. The van der Waals surface area contributed by atoms with Gasteiger partial charge in [-0.15, -0.1) is 24.2 Å². The third-order valence-electron chi connectivity index (χ3n) is 4.41. The number of carboxylic acids is 1. The number of β-lactam (4-membered cyclic amide) rings is 1. The van der Waals surface area contributed by atoms with E-state index in [-0.39, 0.29) is 23.7 Å². The molecule has 2 aliphatic rings. The number of aliphatic carboxylic acids is 1. The van der Waals surface area contributed by atoms with Crippen LogP contribution in [0.4, 0.5) is 0 Å². The topological polar surface area (TPSA) is 113 Å². The van der Waals surface area contributed by atoms with E-state index in [0.717, 1.165) is 0 Å². The number of fused-ring (bicyclic) bond motifs is 1. The summed E-state index contributed by atoms with van der Waals surface area (Å²) in [5, 5.41) is 11.7.